The van der Waals surface area contributed by atoms with Gasteiger partial charge in [0.25, 0.3) is 0 Å². The van der Waals surface area contributed by atoms with Gasteiger partial charge in [0.1, 0.15) is 0 Å². The number of nitrogens with zero attached hydrogens (tertiary/aromatic N) is 1. The number of aromatic nitrogens is 2. The minimum absolute atomic E-state index is 0.00579. The molecular weight excluding hydrogens is 178 g/mol. The fourth-order valence-corrected chi connectivity index (χ4v) is 2.39. The fourth-order valence-electron chi connectivity index (χ4n) is 1.32. The Morgan fingerprint density at radius 2 is 2.42 bits per heavy atom. The Hall–Kier alpha value is -0.880. The molecule has 2 rings (SSSR count). The molecule has 2 unspecified atom stereocenters. The van der Waals surface area contributed by atoms with Crippen LogP contribution in [0.3, 0.4) is 0 Å². The van der Waals surface area contributed by atoms with Crippen LogP contribution >= 0.6 is 0 Å². The average molecular weight is 187 g/mol. The summed E-state index contributed by atoms with van der Waals surface area (Å²) in [7, 11) is -3.36. The van der Waals surface area contributed by atoms with E-state index < -0.39 is 15.3 Å². The molecule has 1 aromatic rings. The molecule has 1 fully saturated rings. The monoisotopic (exact) mass is 187 g/mol. The maximum Gasteiger partial charge on any atom is 0.212 e. The van der Waals surface area contributed by atoms with Gasteiger partial charge in [-0.2, -0.15) is 0 Å². The average Bonchev–Trinajstić information content (AvgIpc) is 2.60. The molecule has 2 atom stereocenters. The van der Waals surface area contributed by atoms with Crippen LogP contribution in [0.2, 0.25) is 0 Å². The van der Waals surface area contributed by atoms with Crippen molar-refractivity contribution in [3.63, 3.8) is 0 Å². The van der Waals surface area contributed by atoms with Crippen molar-refractivity contribution in [2.75, 3.05) is 0 Å². The van der Waals surface area contributed by atoms with E-state index in [9.17, 15) is 8.42 Å². The molecule has 0 amide bonds. The summed E-state index contributed by atoms with van der Waals surface area (Å²) in [4.78, 5) is 6.74. The van der Waals surface area contributed by atoms with E-state index in [-0.39, 0.29) is 5.92 Å². The van der Waals surface area contributed by atoms with E-state index in [1.54, 1.807) is 6.20 Å². The quantitative estimate of drug-likeness (QED) is 0.657. The second kappa shape index (κ2) is 2.30. The van der Waals surface area contributed by atoms with Crippen LogP contribution in [0.25, 0.3) is 0 Å². The van der Waals surface area contributed by atoms with E-state index in [4.69, 9.17) is 5.14 Å². The number of nitrogens with one attached hydrogen (secondary N) is 1. The first-order valence-electron chi connectivity index (χ1n) is 3.59. The van der Waals surface area contributed by atoms with Crippen molar-refractivity contribution in [1.82, 2.24) is 9.97 Å². The molecule has 1 aromatic heterocycles. The SMILES string of the molecule is NS(=O)(=O)C1CC1c1c[nH]cn1. The van der Waals surface area contributed by atoms with Gasteiger partial charge in [0.15, 0.2) is 0 Å². The first kappa shape index (κ1) is 7.75. The van der Waals surface area contributed by atoms with Crippen LogP contribution in [-0.4, -0.2) is 23.6 Å². The van der Waals surface area contributed by atoms with E-state index in [0.29, 0.717) is 6.42 Å². The van der Waals surface area contributed by atoms with Gasteiger partial charge in [-0.15, -0.1) is 0 Å². The summed E-state index contributed by atoms with van der Waals surface area (Å²) in [5.41, 5.74) is 0.786. The molecule has 5 nitrogen and oxygen atoms in total. The van der Waals surface area contributed by atoms with Crippen molar-refractivity contribution in [2.24, 2.45) is 5.14 Å². The second-order valence-corrected chi connectivity index (χ2v) is 4.75. The van der Waals surface area contributed by atoms with Gasteiger partial charge in [-0.05, 0) is 6.42 Å². The summed E-state index contributed by atoms with van der Waals surface area (Å²) < 4.78 is 21.7. The zero-order chi connectivity index (χ0) is 8.77. The molecule has 0 aliphatic heterocycles. The third-order valence-corrected chi connectivity index (χ3v) is 3.42. The molecule has 0 aromatic carbocycles. The lowest BCUT2D eigenvalue weighted by molar-refractivity contribution is 0.595. The van der Waals surface area contributed by atoms with Gasteiger partial charge in [0.05, 0.1) is 17.3 Å². The number of H-pyrrole nitrogens is 1. The molecule has 1 aliphatic rings. The molecule has 1 saturated carbocycles. The molecule has 0 spiro atoms. The van der Waals surface area contributed by atoms with Crippen molar-refractivity contribution in [2.45, 2.75) is 17.6 Å². The van der Waals surface area contributed by atoms with Gasteiger partial charge < -0.3 is 4.98 Å². The normalized spacial score (nSPS) is 28.8. The number of nitrogens with two attached hydrogens (primary N) is 1. The summed E-state index contributed by atoms with van der Waals surface area (Å²) in [5.74, 6) is 0.00579. The molecule has 1 aliphatic carbocycles. The summed E-state index contributed by atoms with van der Waals surface area (Å²) in [6.07, 6.45) is 3.84. The lowest BCUT2D eigenvalue weighted by Crippen LogP contribution is -2.18. The zero-order valence-corrected chi connectivity index (χ0v) is 7.08. The van der Waals surface area contributed by atoms with E-state index in [1.807, 2.05) is 0 Å². The van der Waals surface area contributed by atoms with Crippen molar-refractivity contribution < 1.29 is 8.42 Å². The third-order valence-electron chi connectivity index (χ3n) is 2.05. The number of rotatable bonds is 2. The highest BCUT2D eigenvalue weighted by Crippen LogP contribution is 2.43. The summed E-state index contributed by atoms with van der Waals surface area (Å²) in [5, 5.41) is 4.56. The molecule has 0 saturated heterocycles. The first-order chi connectivity index (χ1) is 5.59. The fraction of sp³-hybridized carbons (Fsp3) is 0.500. The minimum atomic E-state index is -3.36. The number of hydrogen-bond acceptors (Lipinski definition) is 3. The van der Waals surface area contributed by atoms with Crippen LogP contribution in [0, 0.1) is 0 Å². The Bertz CT molecular complexity index is 370. The van der Waals surface area contributed by atoms with Crippen LogP contribution in [0.15, 0.2) is 12.5 Å². The largest absolute Gasteiger partial charge is 0.351 e. The van der Waals surface area contributed by atoms with E-state index in [0.717, 1.165) is 5.69 Å². The first-order valence-corrected chi connectivity index (χ1v) is 5.20. The van der Waals surface area contributed by atoms with Crippen molar-refractivity contribution >= 4 is 10.0 Å². The molecule has 6 heteroatoms. The van der Waals surface area contributed by atoms with E-state index in [1.165, 1.54) is 6.33 Å². The van der Waals surface area contributed by atoms with Gasteiger partial charge in [-0.1, -0.05) is 0 Å². The van der Waals surface area contributed by atoms with Crippen LogP contribution in [-0.2, 0) is 10.0 Å². The number of aromatic amines is 1. The highest BCUT2D eigenvalue weighted by atomic mass is 32.2. The predicted molar refractivity (Wildman–Crippen MR) is 42.8 cm³/mol. The number of sulfonamides is 1. The van der Waals surface area contributed by atoms with E-state index in [2.05, 4.69) is 9.97 Å². The summed E-state index contributed by atoms with van der Waals surface area (Å²) >= 11 is 0. The molecular formula is C6H9N3O2S. The number of primary sulfonamides is 1. The van der Waals surface area contributed by atoms with Gasteiger partial charge in [-0.25, -0.2) is 18.5 Å². The second-order valence-electron chi connectivity index (χ2n) is 2.96. The standard InChI is InChI=1S/C6H9N3O2S/c7-12(10,11)6-1-4(6)5-2-8-3-9-5/h2-4,6H,1H2,(H,8,9)(H2,7,10,11). The number of imidazole rings is 1. The lowest BCUT2D eigenvalue weighted by Gasteiger charge is -1.92. The summed E-state index contributed by atoms with van der Waals surface area (Å²) in [6, 6.07) is 0. The Kier molecular flexibility index (Phi) is 1.49. The van der Waals surface area contributed by atoms with Crippen molar-refractivity contribution in [3.05, 3.63) is 18.2 Å². The highest BCUT2D eigenvalue weighted by molar-refractivity contribution is 7.90. The molecule has 0 radical (unpaired) electrons. The van der Waals surface area contributed by atoms with Crippen molar-refractivity contribution in [1.29, 1.82) is 0 Å². The minimum Gasteiger partial charge on any atom is -0.351 e. The maximum absolute atomic E-state index is 10.8. The smallest absolute Gasteiger partial charge is 0.212 e. The van der Waals surface area contributed by atoms with Crippen LogP contribution < -0.4 is 5.14 Å². The van der Waals surface area contributed by atoms with Gasteiger partial charge in [-0.3, -0.25) is 0 Å². The Labute approximate surface area is 70.0 Å². The van der Waals surface area contributed by atoms with Crippen LogP contribution in [0.4, 0.5) is 0 Å². The molecule has 1 heterocycles. The lowest BCUT2D eigenvalue weighted by atomic mass is 10.3. The zero-order valence-electron chi connectivity index (χ0n) is 6.27. The number of hydrogen-bond donors (Lipinski definition) is 2. The van der Waals surface area contributed by atoms with Crippen molar-refractivity contribution in [3.8, 4) is 0 Å². The van der Waals surface area contributed by atoms with Gasteiger partial charge >= 0.3 is 0 Å². The predicted octanol–water partition coefficient (Wildman–Crippen LogP) is -0.446. The van der Waals surface area contributed by atoms with Gasteiger partial charge in [0.2, 0.25) is 10.0 Å². The van der Waals surface area contributed by atoms with Crippen LogP contribution in [0.5, 0.6) is 0 Å². The molecule has 0 bridgehead atoms. The molecule has 66 valence electrons. The highest BCUT2D eigenvalue weighted by Gasteiger charge is 2.47. The maximum atomic E-state index is 10.8. The topological polar surface area (TPSA) is 88.8 Å². The summed E-state index contributed by atoms with van der Waals surface area (Å²) in [6.45, 7) is 0. The Morgan fingerprint density at radius 1 is 1.67 bits per heavy atom. The van der Waals surface area contributed by atoms with E-state index >= 15 is 0 Å². The van der Waals surface area contributed by atoms with Crippen LogP contribution in [0.1, 0.15) is 18.0 Å². The third kappa shape index (κ3) is 1.23. The Morgan fingerprint density at radius 3 is 2.83 bits per heavy atom. The van der Waals surface area contributed by atoms with Gasteiger partial charge in [0, 0.05) is 12.1 Å². The molecule has 12 heavy (non-hydrogen) atoms. The molecule has 3 N–H and O–H groups in total. The Balaban J connectivity index is 2.16.